The predicted octanol–water partition coefficient (Wildman–Crippen LogP) is 1.55. The fourth-order valence-corrected chi connectivity index (χ4v) is 2.61. The number of hydrogen-bond donors (Lipinski definition) is 1. The topological polar surface area (TPSA) is 65.4 Å². The summed E-state index contributed by atoms with van der Waals surface area (Å²) in [6.07, 6.45) is 0. The van der Waals surface area contributed by atoms with Crippen molar-refractivity contribution in [2.75, 3.05) is 26.2 Å². The SMILES string of the molecule is CCOC(=O)C1CNCCN1Cc1ccc(C#N)cc1Cl. The second-order valence-electron chi connectivity index (χ2n) is 4.86. The fourth-order valence-electron chi connectivity index (χ4n) is 2.37. The molecule has 0 radical (unpaired) electrons. The normalized spacial score (nSPS) is 19.0. The minimum Gasteiger partial charge on any atom is -0.465 e. The molecule has 0 spiro atoms. The Morgan fingerprint density at radius 3 is 3.10 bits per heavy atom. The number of nitrogens with one attached hydrogen (secondary N) is 1. The monoisotopic (exact) mass is 307 g/mol. The Kier molecular flexibility index (Phi) is 5.57. The Morgan fingerprint density at radius 1 is 1.62 bits per heavy atom. The summed E-state index contributed by atoms with van der Waals surface area (Å²) in [7, 11) is 0. The van der Waals surface area contributed by atoms with Gasteiger partial charge in [0.15, 0.2) is 0 Å². The van der Waals surface area contributed by atoms with Crippen molar-refractivity contribution < 1.29 is 9.53 Å². The number of halogens is 1. The van der Waals surface area contributed by atoms with Crippen LogP contribution in [-0.2, 0) is 16.1 Å². The average molecular weight is 308 g/mol. The molecule has 6 heteroatoms. The van der Waals surface area contributed by atoms with Crippen LogP contribution in [0.4, 0.5) is 0 Å². The Balaban J connectivity index is 2.12. The molecule has 21 heavy (non-hydrogen) atoms. The number of piperazine rings is 1. The molecule has 1 heterocycles. The first-order valence-electron chi connectivity index (χ1n) is 6.95. The maximum atomic E-state index is 12.0. The third kappa shape index (κ3) is 3.94. The van der Waals surface area contributed by atoms with Gasteiger partial charge in [-0.2, -0.15) is 5.26 Å². The van der Waals surface area contributed by atoms with Crippen LogP contribution in [0.2, 0.25) is 5.02 Å². The van der Waals surface area contributed by atoms with Crippen molar-refractivity contribution >= 4 is 17.6 Å². The second kappa shape index (κ2) is 7.41. The van der Waals surface area contributed by atoms with Gasteiger partial charge in [-0.05, 0) is 24.6 Å². The summed E-state index contributed by atoms with van der Waals surface area (Å²) in [5, 5.41) is 12.6. The van der Waals surface area contributed by atoms with E-state index in [1.165, 1.54) is 0 Å². The van der Waals surface area contributed by atoms with Crippen molar-refractivity contribution in [3.05, 3.63) is 34.3 Å². The number of hydrogen-bond acceptors (Lipinski definition) is 5. The van der Waals surface area contributed by atoms with Crippen LogP contribution in [0.25, 0.3) is 0 Å². The zero-order valence-electron chi connectivity index (χ0n) is 11.9. The number of ether oxygens (including phenoxy) is 1. The molecule has 1 saturated heterocycles. The van der Waals surface area contributed by atoms with Gasteiger partial charge >= 0.3 is 5.97 Å². The summed E-state index contributed by atoms with van der Waals surface area (Å²) in [4.78, 5) is 14.1. The Hall–Kier alpha value is -1.61. The standard InChI is InChI=1S/C15H18ClN3O2/c1-2-21-15(20)14-9-18-5-6-19(14)10-12-4-3-11(8-17)7-13(12)16/h3-4,7,14,18H,2,5-6,9-10H2,1H3. The maximum Gasteiger partial charge on any atom is 0.324 e. The summed E-state index contributed by atoms with van der Waals surface area (Å²) in [6.45, 7) is 4.89. The van der Waals surface area contributed by atoms with Crippen molar-refractivity contribution in [2.24, 2.45) is 0 Å². The number of esters is 1. The smallest absolute Gasteiger partial charge is 0.324 e. The van der Waals surface area contributed by atoms with E-state index in [1.807, 2.05) is 6.07 Å². The summed E-state index contributed by atoms with van der Waals surface area (Å²) in [5.74, 6) is -0.213. The van der Waals surface area contributed by atoms with Gasteiger partial charge in [0.05, 0.1) is 18.2 Å². The van der Waals surface area contributed by atoms with Crippen LogP contribution in [0.15, 0.2) is 18.2 Å². The molecular formula is C15H18ClN3O2. The molecule has 0 aromatic heterocycles. The second-order valence-corrected chi connectivity index (χ2v) is 5.27. The quantitative estimate of drug-likeness (QED) is 0.855. The van der Waals surface area contributed by atoms with Gasteiger partial charge in [-0.15, -0.1) is 0 Å². The van der Waals surface area contributed by atoms with Crippen molar-refractivity contribution in [1.29, 1.82) is 5.26 Å². The van der Waals surface area contributed by atoms with Crippen molar-refractivity contribution in [3.63, 3.8) is 0 Å². The maximum absolute atomic E-state index is 12.0. The molecule has 1 atom stereocenters. The molecule has 1 aliphatic heterocycles. The zero-order chi connectivity index (χ0) is 15.2. The van der Waals surface area contributed by atoms with Crippen LogP contribution in [0.1, 0.15) is 18.1 Å². The number of carbonyl (C=O) groups excluding carboxylic acids is 1. The number of nitrogens with zero attached hydrogens (tertiary/aromatic N) is 2. The molecule has 0 amide bonds. The van der Waals surface area contributed by atoms with Gasteiger partial charge in [-0.1, -0.05) is 17.7 Å². The van der Waals surface area contributed by atoms with Crippen LogP contribution in [0, 0.1) is 11.3 Å². The van der Waals surface area contributed by atoms with Crippen LogP contribution >= 0.6 is 11.6 Å². The Labute approximate surface area is 129 Å². The van der Waals surface area contributed by atoms with E-state index in [1.54, 1.807) is 19.1 Å². The van der Waals surface area contributed by atoms with E-state index in [-0.39, 0.29) is 12.0 Å². The van der Waals surface area contributed by atoms with Gasteiger partial charge in [-0.3, -0.25) is 9.69 Å². The molecule has 2 rings (SSSR count). The summed E-state index contributed by atoms with van der Waals surface area (Å²) >= 11 is 6.21. The molecule has 0 bridgehead atoms. The fraction of sp³-hybridized carbons (Fsp3) is 0.467. The molecular weight excluding hydrogens is 290 g/mol. The number of carbonyl (C=O) groups is 1. The van der Waals surface area contributed by atoms with E-state index in [0.29, 0.717) is 30.3 Å². The van der Waals surface area contributed by atoms with E-state index in [9.17, 15) is 4.79 Å². The molecule has 1 aromatic carbocycles. The van der Waals surface area contributed by atoms with E-state index in [4.69, 9.17) is 21.6 Å². The first kappa shape index (κ1) is 15.8. The van der Waals surface area contributed by atoms with Gasteiger partial charge in [0.2, 0.25) is 0 Å². The molecule has 5 nitrogen and oxygen atoms in total. The lowest BCUT2D eigenvalue weighted by Gasteiger charge is -2.34. The zero-order valence-corrected chi connectivity index (χ0v) is 12.7. The molecule has 1 N–H and O–H groups in total. The molecule has 1 unspecified atom stereocenters. The molecule has 0 saturated carbocycles. The van der Waals surface area contributed by atoms with Crippen molar-refractivity contribution in [1.82, 2.24) is 10.2 Å². The summed E-state index contributed by atoms with van der Waals surface area (Å²) in [6, 6.07) is 6.99. The molecule has 1 fully saturated rings. The van der Waals surface area contributed by atoms with Crippen LogP contribution in [0.3, 0.4) is 0 Å². The van der Waals surface area contributed by atoms with Gasteiger partial charge in [-0.25, -0.2) is 0 Å². The number of rotatable bonds is 4. The Bertz CT molecular complexity index is 556. The van der Waals surface area contributed by atoms with E-state index >= 15 is 0 Å². The van der Waals surface area contributed by atoms with E-state index in [0.717, 1.165) is 18.7 Å². The van der Waals surface area contributed by atoms with Gasteiger partial charge in [0.1, 0.15) is 6.04 Å². The lowest BCUT2D eigenvalue weighted by atomic mass is 10.1. The van der Waals surface area contributed by atoms with Crippen LogP contribution in [0.5, 0.6) is 0 Å². The lowest BCUT2D eigenvalue weighted by Crippen LogP contribution is -2.54. The average Bonchev–Trinajstić information content (AvgIpc) is 2.50. The Morgan fingerprint density at radius 2 is 2.43 bits per heavy atom. The largest absolute Gasteiger partial charge is 0.465 e. The van der Waals surface area contributed by atoms with Crippen molar-refractivity contribution in [3.8, 4) is 6.07 Å². The lowest BCUT2D eigenvalue weighted by molar-refractivity contribution is -0.150. The molecule has 1 aromatic rings. The molecule has 112 valence electrons. The highest BCUT2D eigenvalue weighted by Crippen LogP contribution is 2.21. The van der Waals surface area contributed by atoms with Crippen LogP contribution in [-0.4, -0.2) is 43.2 Å². The van der Waals surface area contributed by atoms with E-state index in [2.05, 4.69) is 16.3 Å². The third-order valence-electron chi connectivity index (χ3n) is 3.47. The van der Waals surface area contributed by atoms with Gasteiger partial charge < -0.3 is 10.1 Å². The van der Waals surface area contributed by atoms with Crippen molar-refractivity contribution in [2.45, 2.75) is 19.5 Å². The first-order chi connectivity index (χ1) is 10.2. The summed E-state index contributed by atoms with van der Waals surface area (Å²) in [5.41, 5.74) is 1.44. The third-order valence-corrected chi connectivity index (χ3v) is 3.82. The summed E-state index contributed by atoms with van der Waals surface area (Å²) < 4.78 is 5.12. The number of nitriles is 1. The van der Waals surface area contributed by atoms with Gasteiger partial charge in [0, 0.05) is 31.2 Å². The first-order valence-corrected chi connectivity index (χ1v) is 7.33. The minimum atomic E-state index is -0.301. The predicted molar refractivity (Wildman–Crippen MR) is 79.9 cm³/mol. The van der Waals surface area contributed by atoms with Gasteiger partial charge in [0.25, 0.3) is 0 Å². The molecule has 0 aliphatic carbocycles. The number of benzene rings is 1. The highest BCUT2D eigenvalue weighted by Gasteiger charge is 2.30. The highest BCUT2D eigenvalue weighted by molar-refractivity contribution is 6.31. The highest BCUT2D eigenvalue weighted by atomic mass is 35.5. The molecule has 1 aliphatic rings. The van der Waals surface area contributed by atoms with E-state index < -0.39 is 0 Å². The van der Waals surface area contributed by atoms with Crippen LogP contribution < -0.4 is 5.32 Å². The minimum absolute atomic E-state index is 0.213.